The van der Waals surface area contributed by atoms with E-state index in [4.69, 9.17) is 27.2 Å². The summed E-state index contributed by atoms with van der Waals surface area (Å²) in [5.41, 5.74) is 5.51. The van der Waals surface area contributed by atoms with Crippen LogP contribution in [0.4, 0.5) is 5.82 Å². The molecule has 0 bridgehead atoms. The highest BCUT2D eigenvalue weighted by Crippen LogP contribution is 2.39. The van der Waals surface area contributed by atoms with Gasteiger partial charge in [0.15, 0.2) is 17.9 Å². The molecule has 1 saturated heterocycles. The molecule has 0 spiro atoms. The van der Waals surface area contributed by atoms with E-state index in [9.17, 15) is 15.3 Å². The van der Waals surface area contributed by atoms with Crippen molar-refractivity contribution in [2.24, 2.45) is 10.7 Å². The molecule has 0 unspecified atom stereocenters. The van der Waals surface area contributed by atoms with Gasteiger partial charge in [-0.15, -0.1) is 0 Å². The Bertz CT molecular complexity index is 590. The number of fused-ring (bicyclic) bond motifs is 1. The second-order valence-corrected chi connectivity index (χ2v) is 5.31. The Hall–Kier alpha value is -1.43. The van der Waals surface area contributed by atoms with Crippen LogP contribution in [0.1, 0.15) is 11.9 Å². The van der Waals surface area contributed by atoms with Gasteiger partial charge in [-0.2, -0.15) is 4.99 Å². The normalized spacial score (nSPS) is 38.8. The number of nitrogens with two attached hydrogens (primary N) is 1. The molecule has 116 valence electrons. The van der Waals surface area contributed by atoms with Gasteiger partial charge in [0.25, 0.3) is 5.18 Å². The Labute approximate surface area is 123 Å². The molecule has 3 heterocycles. The van der Waals surface area contributed by atoms with Crippen LogP contribution in [-0.2, 0) is 9.92 Å². The van der Waals surface area contributed by atoms with Crippen LogP contribution in [0.3, 0.4) is 0 Å². The Kier molecular flexibility index (Phi) is 3.31. The van der Waals surface area contributed by atoms with E-state index >= 15 is 0 Å². The summed E-state index contributed by atoms with van der Waals surface area (Å²) >= 11 is 5.82. The van der Waals surface area contributed by atoms with Crippen LogP contribution in [0.5, 0.6) is 0 Å². The van der Waals surface area contributed by atoms with Gasteiger partial charge in [-0.25, -0.2) is 4.98 Å². The van der Waals surface area contributed by atoms with Gasteiger partial charge in [0.2, 0.25) is 0 Å². The first kappa shape index (κ1) is 14.5. The van der Waals surface area contributed by atoms with E-state index < -0.39 is 36.3 Å². The molecule has 11 heteroatoms. The van der Waals surface area contributed by atoms with Crippen molar-refractivity contribution in [3.05, 3.63) is 12.0 Å². The topological polar surface area (TPSA) is 158 Å². The third-order valence-electron chi connectivity index (χ3n) is 3.40. The molecular weight excluding hydrogens is 306 g/mol. The van der Waals surface area contributed by atoms with E-state index in [2.05, 4.69) is 15.3 Å². The number of rotatable bonds is 2. The van der Waals surface area contributed by atoms with Gasteiger partial charge >= 0.3 is 0 Å². The third kappa shape index (κ3) is 2.16. The number of imidazole rings is 1. The maximum Gasteiger partial charge on any atom is 0.285 e. The van der Waals surface area contributed by atoms with E-state index in [0.29, 0.717) is 0 Å². The standard InChI is InChI=1S/C10H14ClN5O5/c11-10(20)6-7(14-9(12)15-10)16(2-13-6)8-5(19)4(18)3(1-17)21-8/h2-5,8,17-20H,1H2,(H3,12,14,15)/t3-,4-,5-,8-,10+/m1/s1. The summed E-state index contributed by atoms with van der Waals surface area (Å²) in [5.74, 6) is 0.0309. The summed E-state index contributed by atoms with van der Waals surface area (Å²) in [6.07, 6.45) is -3.28. The minimum atomic E-state index is -2.13. The molecule has 0 aromatic carbocycles. The minimum absolute atomic E-state index is 0.0175. The number of aromatic nitrogens is 2. The number of hydrogen-bond acceptors (Lipinski definition) is 9. The van der Waals surface area contributed by atoms with Crippen molar-refractivity contribution in [1.29, 1.82) is 0 Å². The number of guanidine groups is 1. The molecule has 3 rings (SSSR count). The predicted molar refractivity (Wildman–Crippen MR) is 70.2 cm³/mol. The van der Waals surface area contributed by atoms with Gasteiger partial charge < -0.3 is 36.2 Å². The molecule has 0 saturated carbocycles. The van der Waals surface area contributed by atoms with Gasteiger partial charge in [-0.3, -0.25) is 4.57 Å². The molecule has 0 amide bonds. The van der Waals surface area contributed by atoms with Crippen LogP contribution in [0.2, 0.25) is 0 Å². The van der Waals surface area contributed by atoms with Crippen molar-refractivity contribution >= 4 is 23.4 Å². The number of ether oxygens (including phenoxy) is 1. The van der Waals surface area contributed by atoms with E-state index in [-0.39, 0.29) is 17.5 Å². The predicted octanol–water partition coefficient (Wildman–Crippen LogP) is -2.42. The maximum absolute atomic E-state index is 10.0. The third-order valence-corrected chi connectivity index (χ3v) is 3.66. The smallest absolute Gasteiger partial charge is 0.285 e. The van der Waals surface area contributed by atoms with Crippen LogP contribution < -0.4 is 11.1 Å². The number of alkyl halides is 1. The van der Waals surface area contributed by atoms with Crippen molar-refractivity contribution in [1.82, 2.24) is 9.55 Å². The average molecular weight is 320 g/mol. The van der Waals surface area contributed by atoms with Gasteiger partial charge in [-0.1, -0.05) is 11.6 Å². The molecule has 5 atom stereocenters. The summed E-state index contributed by atoms with van der Waals surface area (Å²) in [4.78, 5) is 7.52. The lowest BCUT2D eigenvalue weighted by molar-refractivity contribution is -0.0519. The number of aliphatic hydroxyl groups is 4. The highest BCUT2D eigenvalue weighted by molar-refractivity contribution is 6.24. The summed E-state index contributed by atoms with van der Waals surface area (Å²) in [6.45, 7) is -0.456. The number of nitrogens with one attached hydrogen (secondary N) is 1. The SMILES string of the molecule is NC1=N[C@@](O)(Cl)c2ncn([C@@H]3O[C@H](CO)[C@@H](O)[C@H]3O)c2N1. The highest BCUT2D eigenvalue weighted by Gasteiger charge is 2.46. The average Bonchev–Trinajstić information content (AvgIpc) is 2.93. The van der Waals surface area contributed by atoms with Gasteiger partial charge in [0.1, 0.15) is 24.1 Å². The fourth-order valence-corrected chi connectivity index (χ4v) is 2.61. The number of hydrogen-bond donors (Lipinski definition) is 6. The zero-order chi connectivity index (χ0) is 15.4. The van der Waals surface area contributed by atoms with Crippen LogP contribution in [0, 0.1) is 0 Å². The van der Waals surface area contributed by atoms with E-state index in [1.165, 1.54) is 10.9 Å². The monoisotopic (exact) mass is 319 g/mol. The van der Waals surface area contributed by atoms with E-state index in [1.807, 2.05) is 0 Å². The van der Waals surface area contributed by atoms with Crippen LogP contribution >= 0.6 is 11.6 Å². The zero-order valence-corrected chi connectivity index (χ0v) is 11.3. The Morgan fingerprint density at radius 2 is 2.19 bits per heavy atom. The minimum Gasteiger partial charge on any atom is -0.394 e. The lowest BCUT2D eigenvalue weighted by Crippen LogP contribution is -2.36. The second kappa shape index (κ2) is 4.80. The van der Waals surface area contributed by atoms with E-state index in [1.54, 1.807) is 0 Å². The molecular formula is C10H14ClN5O5. The molecule has 0 radical (unpaired) electrons. The first-order chi connectivity index (χ1) is 9.85. The van der Waals surface area contributed by atoms with Gasteiger partial charge in [0.05, 0.1) is 12.9 Å². The molecule has 1 aromatic rings. The largest absolute Gasteiger partial charge is 0.394 e. The molecule has 1 aromatic heterocycles. The van der Waals surface area contributed by atoms with E-state index in [0.717, 1.165) is 0 Å². The number of nitrogens with zero attached hydrogens (tertiary/aromatic N) is 3. The first-order valence-electron chi connectivity index (χ1n) is 6.08. The van der Waals surface area contributed by atoms with Crippen LogP contribution in [0.25, 0.3) is 0 Å². The molecule has 10 nitrogen and oxygen atoms in total. The Morgan fingerprint density at radius 3 is 2.81 bits per heavy atom. The highest BCUT2D eigenvalue weighted by atomic mass is 35.5. The molecule has 1 fully saturated rings. The molecule has 7 N–H and O–H groups in total. The lowest BCUT2D eigenvalue weighted by atomic mass is 10.1. The van der Waals surface area contributed by atoms with Crippen molar-refractivity contribution < 1.29 is 25.2 Å². The fraction of sp³-hybridized carbons (Fsp3) is 0.600. The van der Waals surface area contributed by atoms with Crippen molar-refractivity contribution in [2.75, 3.05) is 11.9 Å². The van der Waals surface area contributed by atoms with Crippen molar-refractivity contribution in [3.8, 4) is 0 Å². The first-order valence-corrected chi connectivity index (χ1v) is 6.46. The molecule has 2 aliphatic rings. The summed E-state index contributed by atoms with van der Waals surface area (Å²) in [6, 6.07) is 0. The van der Waals surface area contributed by atoms with Crippen molar-refractivity contribution in [3.63, 3.8) is 0 Å². The summed E-state index contributed by atoms with van der Waals surface area (Å²) < 4.78 is 6.69. The fourth-order valence-electron chi connectivity index (χ4n) is 2.38. The van der Waals surface area contributed by atoms with Gasteiger partial charge in [-0.05, 0) is 0 Å². The van der Waals surface area contributed by atoms with Crippen LogP contribution in [0.15, 0.2) is 11.3 Å². The number of aliphatic imine (C=N–C) groups is 1. The van der Waals surface area contributed by atoms with Crippen LogP contribution in [-0.4, -0.2) is 60.9 Å². The summed E-state index contributed by atoms with van der Waals surface area (Å²) in [7, 11) is 0. The molecule has 21 heavy (non-hydrogen) atoms. The maximum atomic E-state index is 10.0. The van der Waals surface area contributed by atoms with Crippen molar-refractivity contribution in [2.45, 2.75) is 29.7 Å². The Balaban J connectivity index is 1.99. The quantitative estimate of drug-likeness (QED) is 0.259. The summed E-state index contributed by atoms with van der Waals surface area (Å²) in [5, 5.41) is 39.4. The lowest BCUT2D eigenvalue weighted by Gasteiger charge is -2.25. The number of halogens is 1. The number of aliphatic hydroxyl groups excluding tert-OH is 3. The Morgan fingerprint density at radius 1 is 1.48 bits per heavy atom. The molecule has 2 aliphatic heterocycles. The number of anilines is 1. The second-order valence-electron chi connectivity index (χ2n) is 4.79. The van der Waals surface area contributed by atoms with Gasteiger partial charge in [0, 0.05) is 0 Å². The zero-order valence-electron chi connectivity index (χ0n) is 10.6. The molecule has 0 aliphatic carbocycles.